The van der Waals surface area contributed by atoms with Crippen LogP contribution in [0.4, 0.5) is 0 Å². The lowest BCUT2D eigenvalue weighted by Gasteiger charge is -2.17. The van der Waals surface area contributed by atoms with E-state index in [0.29, 0.717) is 0 Å². The van der Waals surface area contributed by atoms with Crippen molar-refractivity contribution in [3.05, 3.63) is 46.5 Å². The zero-order chi connectivity index (χ0) is 13.0. The van der Waals surface area contributed by atoms with Crippen LogP contribution in [0.2, 0.25) is 0 Å². The van der Waals surface area contributed by atoms with Crippen LogP contribution in [0.25, 0.3) is 0 Å². The molecule has 0 aromatic carbocycles. The van der Waals surface area contributed by atoms with E-state index in [1.165, 1.54) is 5.69 Å². The van der Waals surface area contributed by atoms with E-state index in [1.54, 1.807) is 0 Å². The summed E-state index contributed by atoms with van der Waals surface area (Å²) >= 11 is 3.40. The number of aryl methyl sites for hydroxylation is 1. The number of nitrogens with zero attached hydrogens (tertiary/aromatic N) is 3. The second-order valence-electron chi connectivity index (χ2n) is 4.16. The Morgan fingerprint density at radius 2 is 2.22 bits per heavy atom. The van der Waals surface area contributed by atoms with Crippen molar-refractivity contribution in [2.45, 2.75) is 19.4 Å². The van der Waals surface area contributed by atoms with Gasteiger partial charge >= 0.3 is 0 Å². The third-order valence-corrected chi connectivity index (χ3v) is 3.34. The number of aromatic nitrogens is 3. The van der Waals surface area contributed by atoms with Crippen molar-refractivity contribution in [1.82, 2.24) is 20.1 Å². The number of rotatable bonds is 5. The van der Waals surface area contributed by atoms with Crippen LogP contribution in [0.1, 0.15) is 24.4 Å². The molecule has 1 atom stereocenters. The smallest absolute Gasteiger partial charge is 0.0554 e. The van der Waals surface area contributed by atoms with Crippen LogP contribution in [0, 0.1) is 0 Å². The van der Waals surface area contributed by atoms with E-state index in [9.17, 15) is 0 Å². The van der Waals surface area contributed by atoms with Crippen molar-refractivity contribution in [2.24, 2.45) is 7.05 Å². The molecule has 18 heavy (non-hydrogen) atoms. The first kappa shape index (κ1) is 13.2. The van der Waals surface area contributed by atoms with Gasteiger partial charge in [-0.3, -0.25) is 9.67 Å². The maximum atomic E-state index is 4.42. The Balaban J connectivity index is 2.16. The topological polar surface area (TPSA) is 42.7 Å². The summed E-state index contributed by atoms with van der Waals surface area (Å²) in [5, 5.41) is 7.70. The van der Waals surface area contributed by atoms with Crippen LogP contribution in [-0.4, -0.2) is 21.3 Å². The molecule has 0 spiro atoms. The van der Waals surface area contributed by atoms with E-state index in [1.807, 2.05) is 42.3 Å². The van der Waals surface area contributed by atoms with E-state index in [2.05, 4.69) is 38.3 Å². The van der Waals surface area contributed by atoms with Crippen molar-refractivity contribution in [3.8, 4) is 0 Å². The fraction of sp³-hybridized carbons (Fsp3) is 0.385. The van der Waals surface area contributed by atoms with Crippen LogP contribution in [-0.2, 0) is 13.5 Å². The molecule has 5 heteroatoms. The zero-order valence-electron chi connectivity index (χ0n) is 10.6. The number of hydrogen-bond acceptors (Lipinski definition) is 3. The van der Waals surface area contributed by atoms with Gasteiger partial charge in [0, 0.05) is 36.0 Å². The summed E-state index contributed by atoms with van der Waals surface area (Å²) in [5.41, 5.74) is 2.26. The minimum atomic E-state index is 0.246. The summed E-state index contributed by atoms with van der Waals surface area (Å²) < 4.78 is 2.92. The van der Waals surface area contributed by atoms with Gasteiger partial charge in [0.25, 0.3) is 0 Å². The van der Waals surface area contributed by atoms with Crippen LogP contribution < -0.4 is 5.32 Å². The molecule has 0 aliphatic rings. The lowest BCUT2D eigenvalue weighted by Crippen LogP contribution is -2.25. The number of pyridine rings is 1. The molecule has 0 saturated carbocycles. The number of nitrogens with one attached hydrogen (secondary N) is 1. The largest absolute Gasteiger partial charge is 0.309 e. The molecule has 4 nitrogen and oxygen atoms in total. The highest BCUT2D eigenvalue weighted by molar-refractivity contribution is 9.10. The summed E-state index contributed by atoms with van der Waals surface area (Å²) in [4.78, 5) is 4.42. The molecule has 0 radical (unpaired) electrons. The lowest BCUT2D eigenvalue weighted by atomic mass is 10.1. The summed E-state index contributed by atoms with van der Waals surface area (Å²) in [6.45, 7) is 3.03. The Bertz CT molecular complexity index is 492. The maximum Gasteiger partial charge on any atom is 0.0554 e. The van der Waals surface area contributed by atoms with Gasteiger partial charge in [-0.15, -0.1) is 0 Å². The van der Waals surface area contributed by atoms with Gasteiger partial charge in [-0.1, -0.05) is 6.92 Å². The van der Waals surface area contributed by atoms with Crippen LogP contribution in [0.15, 0.2) is 35.1 Å². The summed E-state index contributed by atoms with van der Waals surface area (Å²) in [5.74, 6) is 0. The second kappa shape index (κ2) is 6.11. The Labute approximate surface area is 116 Å². The minimum Gasteiger partial charge on any atom is -0.309 e. The molecule has 0 fully saturated rings. The summed E-state index contributed by atoms with van der Waals surface area (Å²) in [6, 6.07) is 6.36. The van der Waals surface area contributed by atoms with E-state index < -0.39 is 0 Å². The first-order chi connectivity index (χ1) is 8.70. The lowest BCUT2D eigenvalue weighted by molar-refractivity contribution is 0.503. The molecule has 0 bridgehead atoms. The molecule has 0 aliphatic heterocycles. The quantitative estimate of drug-likeness (QED) is 0.922. The predicted molar refractivity (Wildman–Crippen MR) is 75.3 cm³/mol. The summed E-state index contributed by atoms with van der Waals surface area (Å²) in [6.07, 6.45) is 4.52. The molecule has 96 valence electrons. The van der Waals surface area contributed by atoms with Crippen LogP contribution in [0.5, 0.6) is 0 Å². The fourth-order valence-corrected chi connectivity index (χ4v) is 2.22. The number of halogens is 1. The Kier molecular flexibility index (Phi) is 4.49. The molecule has 2 heterocycles. The first-order valence-corrected chi connectivity index (χ1v) is 6.81. The third-order valence-electron chi connectivity index (χ3n) is 2.87. The predicted octanol–water partition coefficient (Wildman–Crippen LogP) is 2.47. The third kappa shape index (κ3) is 3.17. The molecule has 1 unspecified atom stereocenters. The molecule has 2 aromatic rings. The highest BCUT2D eigenvalue weighted by Gasteiger charge is 2.15. The molecular formula is C13H17BrN4. The van der Waals surface area contributed by atoms with Gasteiger partial charge in [-0.05, 0) is 40.7 Å². The molecule has 2 aromatic heterocycles. The van der Waals surface area contributed by atoms with Crippen LogP contribution >= 0.6 is 15.9 Å². The molecule has 0 amide bonds. The van der Waals surface area contributed by atoms with Crippen molar-refractivity contribution in [2.75, 3.05) is 6.54 Å². The van der Waals surface area contributed by atoms with E-state index in [0.717, 1.165) is 23.1 Å². The van der Waals surface area contributed by atoms with Gasteiger partial charge in [0.05, 0.1) is 11.7 Å². The van der Waals surface area contributed by atoms with Gasteiger partial charge in [-0.25, -0.2) is 0 Å². The Hall–Kier alpha value is -1.20. The minimum absolute atomic E-state index is 0.246. The van der Waals surface area contributed by atoms with Crippen molar-refractivity contribution < 1.29 is 0 Å². The van der Waals surface area contributed by atoms with Crippen molar-refractivity contribution in [1.29, 1.82) is 0 Å². The van der Waals surface area contributed by atoms with E-state index in [4.69, 9.17) is 0 Å². The summed E-state index contributed by atoms with van der Waals surface area (Å²) in [7, 11) is 1.97. The number of hydrogen-bond donors (Lipinski definition) is 1. The van der Waals surface area contributed by atoms with Gasteiger partial charge in [0.2, 0.25) is 0 Å². The molecule has 0 aliphatic carbocycles. The molecule has 1 N–H and O–H groups in total. The normalized spacial score (nSPS) is 12.6. The zero-order valence-corrected chi connectivity index (χ0v) is 12.2. The fourth-order valence-electron chi connectivity index (χ4n) is 1.99. The molecular weight excluding hydrogens is 292 g/mol. The van der Waals surface area contributed by atoms with E-state index >= 15 is 0 Å². The van der Waals surface area contributed by atoms with Gasteiger partial charge in [0.1, 0.15) is 0 Å². The standard InChI is InChI=1S/C13H17BrN4/c1-3-15-12(13-6-7-17-18(13)2)8-11-5-4-10(14)9-16-11/h4-7,9,12,15H,3,8H2,1-2H3. The first-order valence-electron chi connectivity index (χ1n) is 6.02. The monoisotopic (exact) mass is 308 g/mol. The van der Waals surface area contributed by atoms with Gasteiger partial charge < -0.3 is 5.32 Å². The highest BCUT2D eigenvalue weighted by Crippen LogP contribution is 2.17. The number of likely N-dealkylation sites (N-methyl/N-ethyl adjacent to an activating group) is 1. The SMILES string of the molecule is CCNC(Cc1ccc(Br)cn1)c1ccnn1C. The Morgan fingerprint density at radius 1 is 1.39 bits per heavy atom. The van der Waals surface area contributed by atoms with Gasteiger partial charge in [0.15, 0.2) is 0 Å². The molecule has 2 rings (SSSR count). The van der Waals surface area contributed by atoms with Crippen molar-refractivity contribution >= 4 is 15.9 Å². The average Bonchev–Trinajstić information content (AvgIpc) is 2.78. The van der Waals surface area contributed by atoms with Crippen molar-refractivity contribution in [3.63, 3.8) is 0 Å². The van der Waals surface area contributed by atoms with Gasteiger partial charge in [-0.2, -0.15) is 5.10 Å². The molecule has 0 saturated heterocycles. The average molecular weight is 309 g/mol. The van der Waals surface area contributed by atoms with E-state index in [-0.39, 0.29) is 6.04 Å². The maximum absolute atomic E-state index is 4.42. The Morgan fingerprint density at radius 3 is 2.78 bits per heavy atom. The second-order valence-corrected chi connectivity index (χ2v) is 5.08. The van der Waals surface area contributed by atoms with Crippen LogP contribution in [0.3, 0.4) is 0 Å². The highest BCUT2D eigenvalue weighted by atomic mass is 79.9.